The second-order valence-electron chi connectivity index (χ2n) is 5.28. The minimum Gasteiger partial charge on any atom is -0.353 e. The highest BCUT2D eigenvalue weighted by Crippen LogP contribution is 2.10. The van der Waals surface area contributed by atoms with E-state index in [0.717, 1.165) is 6.42 Å². The van der Waals surface area contributed by atoms with Crippen LogP contribution in [0.2, 0.25) is 0 Å². The fourth-order valence-electron chi connectivity index (χ4n) is 2.03. The predicted molar refractivity (Wildman–Crippen MR) is 77.3 cm³/mol. The summed E-state index contributed by atoms with van der Waals surface area (Å²) in [6.45, 7) is 4.70. The van der Waals surface area contributed by atoms with E-state index in [1.165, 1.54) is 57.8 Å². The first-order valence-corrected chi connectivity index (χ1v) is 7.82. The van der Waals surface area contributed by atoms with Crippen molar-refractivity contribution in [3.8, 4) is 0 Å². The largest absolute Gasteiger partial charge is 0.353 e. The summed E-state index contributed by atoms with van der Waals surface area (Å²) in [5.41, 5.74) is 0. The molecule has 0 amide bonds. The summed E-state index contributed by atoms with van der Waals surface area (Å²) in [5, 5.41) is 21.4. The van der Waals surface area contributed by atoms with Crippen molar-refractivity contribution in [1.29, 1.82) is 0 Å². The van der Waals surface area contributed by atoms with Gasteiger partial charge < -0.3 is 10.2 Å². The Labute approximate surface area is 113 Å². The lowest BCUT2D eigenvalue weighted by Crippen LogP contribution is -2.44. The molecule has 0 aliphatic rings. The third-order valence-electron chi connectivity index (χ3n) is 3.43. The van der Waals surface area contributed by atoms with Crippen molar-refractivity contribution in [3.05, 3.63) is 0 Å². The second kappa shape index (κ2) is 11.9. The van der Waals surface area contributed by atoms with Gasteiger partial charge in [-0.25, -0.2) is 0 Å². The number of rotatable bonds is 13. The molecule has 0 radical (unpaired) electrons. The Morgan fingerprint density at radius 2 is 1.17 bits per heavy atom. The Balaban J connectivity index is 3.08. The molecule has 0 aromatic carbocycles. The van der Waals surface area contributed by atoms with Crippen LogP contribution in [0, 0.1) is 0 Å². The maximum atomic E-state index is 9.31. The van der Waals surface area contributed by atoms with E-state index in [1.54, 1.807) is 6.92 Å². The summed E-state index contributed by atoms with van der Waals surface area (Å²) in [7, 11) is 0. The van der Waals surface area contributed by atoms with Gasteiger partial charge in [-0.1, -0.05) is 71.6 Å². The highest BCUT2D eigenvalue weighted by molar-refractivity contribution is 4.58. The summed E-state index contributed by atoms with van der Waals surface area (Å²) in [6.07, 6.45) is 13.4. The highest BCUT2D eigenvalue weighted by atomic mass is 16.5. The first kappa shape index (κ1) is 17.9. The Morgan fingerprint density at radius 1 is 0.722 bits per heavy atom. The van der Waals surface area contributed by atoms with Crippen LogP contribution in [0.15, 0.2) is 0 Å². The number of aliphatic hydroxyl groups is 2. The van der Waals surface area contributed by atoms with Crippen LogP contribution < -0.4 is 5.32 Å². The minimum atomic E-state index is -1.67. The van der Waals surface area contributed by atoms with Crippen LogP contribution >= 0.6 is 0 Å². The van der Waals surface area contributed by atoms with E-state index >= 15 is 0 Å². The average molecular weight is 259 g/mol. The smallest absolute Gasteiger partial charge is 0.222 e. The Morgan fingerprint density at radius 3 is 1.61 bits per heavy atom. The molecule has 0 bridgehead atoms. The van der Waals surface area contributed by atoms with Crippen molar-refractivity contribution < 1.29 is 10.2 Å². The van der Waals surface area contributed by atoms with Crippen molar-refractivity contribution in [2.24, 2.45) is 0 Å². The van der Waals surface area contributed by atoms with E-state index in [2.05, 4.69) is 12.2 Å². The summed E-state index contributed by atoms with van der Waals surface area (Å²) < 4.78 is 0. The maximum Gasteiger partial charge on any atom is 0.222 e. The first-order chi connectivity index (χ1) is 8.62. The molecule has 3 N–H and O–H groups in total. The molecule has 0 aliphatic carbocycles. The molecule has 0 atom stereocenters. The van der Waals surface area contributed by atoms with Gasteiger partial charge in [0, 0.05) is 13.0 Å². The summed E-state index contributed by atoms with van der Waals surface area (Å²) in [6, 6.07) is 0. The number of unbranched alkanes of at least 4 members (excludes halogenated alkanes) is 9. The van der Waals surface area contributed by atoms with E-state index in [0.29, 0.717) is 13.0 Å². The summed E-state index contributed by atoms with van der Waals surface area (Å²) in [5.74, 6) is -1.67. The van der Waals surface area contributed by atoms with Crippen molar-refractivity contribution in [2.75, 3.05) is 6.54 Å². The van der Waals surface area contributed by atoms with E-state index in [4.69, 9.17) is 0 Å². The molecule has 0 saturated heterocycles. The average Bonchev–Trinajstić information content (AvgIpc) is 2.36. The fourth-order valence-corrected chi connectivity index (χ4v) is 2.03. The van der Waals surface area contributed by atoms with Gasteiger partial charge in [-0.05, 0) is 6.42 Å². The molecule has 0 unspecified atom stereocenters. The molecule has 18 heavy (non-hydrogen) atoms. The van der Waals surface area contributed by atoms with Gasteiger partial charge >= 0.3 is 0 Å². The van der Waals surface area contributed by atoms with Crippen LogP contribution in [0.3, 0.4) is 0 Å². The van der Waals surface area contributed by atoms with E-state index in [9.17, 15) is 10.2 Å². The third-order valence-corrected chi connectivity index (χ3v) is 3.43. The van der Waals surface area contributed by atoms with Gasteiger partial charge in [0.2, 0.25) is 5.91 Å². The molecule has 3 nitrogen and oxygen atoms in total. The molecule has 0 aliphatic heterocycles. The molecule has 0 heterocycles. The predicted octanol–water partition coefficient (Wildman–Crippen LogP) is 3.55. The van der Waals surface area contributed by atoms with E-state index in [1.807, 2.05) is 0 Å². The standard InChI is InChI=1S/C15H33NO2/c1-3-5-6-7-8-9-10-11-12-13-14-16-15(17,18)4-2/h16-18H,3-14H2,1-2H3. The lowest BCUT2D eigenvalue weighted by molar-refractivity contribution is -0.186. The van der Waals surface area contributed by atoms with Crippen LogP contribution in [0.4, 0.5) is 0 Å². The molecular formula is C15H33NO2. The van der Waals surface area contributed by atoms with Gasteiger partial charge in [0.25, 0.3) is 0 Å². The van der Waals surface area contributed by atoms with Gasteiger partial charge in [-0.15, -0.1) is 0 Å². The molecule has 110 valence electrons. The topological polar surface area (TPSA) is 52.5 Å². The third kappa shape index (κ3) is 12.3. The monoisotopic (exact) mass is 259 g/mol. The van der Waals surface area contributed by atoms with Crippen LogP contribution in [-0.4, -0.2) is 22.7 Å². The molecule has 3 heteroatoms. The van der Waals surface area contributed by atoms with Gasteiger partial charge in [0.15, 0.2) is 0 Å². The molecule has 0 aromatic rings. The maximum absolute atomic E-state index is 9.31. The quantitative estimate of drug-likeness (QED) is 0.350. The van der Waals surface area contributed by atoms with Gasteiger partial charge in [-0.2, -0.15) is 0 Å². The SMILES string of the molecule is CCCCCCCCCCCCNC(O)(O)CC. The Hall–Kier alpha value is -0.120. The normalized spacial score (nSPS) is 12.0. The molecule has 0 spiro atoms. The van der Waals surface area contributed by atoms with Gasteiger partial charge in [0.1, 0.15) is 0 Å². The minimum absolute atomic E-state index is 0.324. The Bertz CT molecular complexity index is 172. The van der Waals surface area contributed by atoms with E-state index in [-0.39, 0.29) is 0 Å². The van der Waals surface area contributed by atoms with E-state index < -0.39 is 5.91 Å². The van der Waals surface area contributed by atoms with Gasteiger partial charge in [-0.3, -0.25) is 5.32 Å². The van der Waals surface area contributed by atoms with Crippen LogP contribution in [-0.2, 0) is 0 Å². The summed E-state index contributed by atoms with van der Waals surface area (Å²) >= 11 is 0. The van der Waals surface area contributed by atoms with Crippen molar-refractivity contribution in [2.45, 2.75) is 90.4 Å². The van der Waals surface area contributed by atoms with Crippen molar-refractivity contribution in [3.63, 3.8) is 0 Å². The lowest BCUT2D eigenvalue weighted by Gasteiger charge is -2.20. The number of nitrogens with one attached hydrogen (secondary N) is 1. The molecular weight excluding hydrogens is 226 g/mol. The zero-order chi connectivity index (χ0) is 13.7. The zero-order valence-corrected chi connectivity index (χ0v) is 12.4. The van der Waals surface area contributed by atoms with Crippen molar-refractivity contribution >= 4 is 0 Å². The second-order valence-corrected chi connectivity index (χ2v) is 5.28. The van der Waals surface area contributed by atoms with Crippen LogP contribution in [0.25, 0.3) is 0 Å². The van der Waals surface area contributed by atoms with Gasteiger partial charge in [0.05, 0.1) is 0 Å². The zero-order valence-electron chi connectivity index (χ0n) is 12.4. The van der Waals surface area contributed by atoms with Crippen LogP contribution in [0.5, 0.6) is 0 Å². The molecule has 0 saturated carbocycles. The Kier molecular flexibility index (Phi) is 11.9. The molecule has 0 aromatic heterocycles. The van der Waals surface area contributed by atoms with Crippen LogP contribution in [0.1, 0.15) is 84.5 Å². The molecule has 0 fully saturated rings. The van der Waals surface area contributed by atoms with Crippen molar-refractivity contribution in [1.82, 2.24) is 5.32 Å². The first-order valence-electron chi connectivity index (χ1n) is 7.82. The number of hydrogen-bond donors (Lipinski definition) is 3. The molecule has 0 rings (SSSR count). The highest BCUT2D eigenvalue weighted by Gasteiger charge is 2.17. The summed E-state index contributed by atoms with van der Waals surface area (Å²) in [4.78, 5) is 0. The fraction of sp³-hybridized carbons (Fsp3) is 1.00. The lowest BCUT2D eigenvalue weighted by atomic mass is 10.1. The number of hydrogen-bond acceptors (Lipinski definition) is 3.